The average Bonchev–Trinajstić information content (AvgIpc) is 3.23. The highest BCUT2D eigenvalue weighted by Crippen LogP contribution is 2.42. The summed E-state index contributed by atoms with van der Waals surface area (Å²) in [4.78, 5) is 13.3. The van der Waals surface area contributed by atoms with Crippen LogP contribution in [0.1, 0.15) is 36.3 Å². The van der Waals surface area contributed by atoms with E-state index in [1.54, 1.807) is 6.07 Å². The first-order valence-electron chi connectivity index (χ1n) is 8.86. The molecule has 1 aromatic heterocycles. The number of hydrogen-bond donors (Lipinski definition) is 1. The molecule has 2 fully saturated rings. The minimum atomic E-state index is -4.31. The van der Waals surface area contributed by atoms with Crippen LogP contribution in [0.5, 0.6) is 0 Å². The molecule has 7 heteroatoms. The number of fused-ring (bicyclic) bond motifs is 1. The van der Waals surface area contributed by atoms with Crippen molar-refractivity contribution in [1.82, 2.24) is 4.90 Å². The van der Waals surface area contributed by atoms with Crippen molar-refractivity contribution >= 4 is 27.4 Å². The van der Waals surface area contributed by atoms with Crippen LogP contribution >= 0.6 is 11.3 Å². The average molecular weight is 383 g/mol. The zero-order chi connectivity index (χ0) is 18.5. The fraction of sp³-hybridized carbons (Fsp3) is 0.526. The molecule has 1 N–H and O–H groups in total. The van der Waals surface area contributed by atoms with E-state index in [9.17, 15) is 18.0 Å². The van der Waals surface area contributed by atoms with Crippen LogP contribution in [0.25, 0.3) is 10.1 Å². The monoisotopic (exact) mass is 383 g/mol. The molecular weight excluding hydrogens is 363 g/mol. The molecule has 1 aromatic carbocycles. The van der Waals surface area contributed by atoms with E-state index >= 15 is 0 Å². The fourth-order valence-corrected chi connectivity index (χ4v) is 5.13. The molecule has 140 valence electrons. The Bertz CT molecular complexity index is 824. The second kappa shape index (κ2) is 6.53. The quantitative estimate of drug-likeness (QED) is 0.823. The van der Waals surface area contributed by atoms with Gasteiger partial charge in [-0.25, -0.2) is 0 Å². The van der Waals surface area contributed by atoms with E-state index in [4.69, 9.17) is 5.11 Å². The lowest BCUT2D eigenvalue weighted by molar-refractivity contribution is -0.139. The smallest absolute Gasteiger partial charge is 0.416 e. The number of hydrogen-bond acceptors (Lipinski definition) is 3. The third-order valence-electron chi connectivity index (χ3n) is 5.69. The number of rotatable bonds is 4. The number of carbonyl (C=O) groups is 1. The minimum Gasteiger partial charge on any atom is -0.481 e. The lowest BCUT2D eigenvalue weighted by Crippen LogP contribution is -2.34. The number of halogens is 3. The summed E-state index contributed by atoms with van der Waals surface area (Å²) < 4.78 is 39.3. The number of piperidine rings is 1. The summed E-state index contributed by atoms with van der Waals surface area (Å²) in [5.41, 5.74) is 0.568. The molecule has 1 aliphatic carbocycles. The molecule has 2 heterocycles. The van der Waals surface area contributed by atoms with E-state index in [1.165, 1.54) is 23.5 Å². The topological polar surface area (TPSA) is 40.5 Å². The molecule has 2 aromatic rings. The van der Waals surface area contributed by atoms with Gasteiger partial charge in [-0.3, -0.25) is 4.79 Å². The summed E-state index contributed by atoms with van der Waals surface area (Å²) in [6, 6.07) is 4.03. The predicted molar refractivity (Wildman–Crippen MR) is 94.5 cm³/mol. The van der Waals surface area contributed by atoms with Crippen molar-refractivity contribution in [1.29, 1.82) is 0 Å². The molecular formula is C19H20F3NO2S. The Morgan fingerprint density at radius 1 is 1.27 bits per heavy atom. The van der Waals surface area contributed by atoms with Crippen LogP contribution in [0.15, 0.2) is 23.6 Å². The lowest BCUT2D eigenvalue weighted by Gasteiger charge is -2.32. The molecule has 0 amide bonds. The van der Waals surface area contributed by atoms with Gasteiger partial charge in [0.15, 0.2) is 0 Å². The van der Waals surface area contributed by atoms with E-state index in [2.05, 4.69) is 4.90 Å². The molecule has 3 nitrogen and oxygen atoms in total. The van der Waals surface area contributed by atoms with Gasteiger partial charge in [0.25, 0.3) is 0 Å². The Kier molecular flexibility index (Phi) is 4.47. The summed E-state index contributed by atoms with van der Waals surface area (Å²) in [5, 5.41) is 11.9. The molecule has 2 aliphatic rings. The maximum Gasteiger partial charge on any atom is 0.416 e. The van der Waals surface area contributed by atoms with Crippen LogP contribution in [-0.4, -0.2) is 35.6 Å². The fourth-order valence-electron chi connectivity index (χ4n) is 4.05. The van der Waals surface area contributed by atoms with Crippen molar-refractivity contribution < 1.29 is 23.1 Å². The number of nitrogens with zero attached hydrogens (tertiary/aromatic N) is 1. The zero-order valence-electron chi connectivity index (χ0n) is 14.1. The second-order valence-electron chi connectivity index (χ2n) is 7.42. The zero-order valence-corrected chi connectivity index (χ0v) is 14.9. The van der Waals surface area contributed by atoms with E-state index in [1.807, 2.05) is 5.38 Å². The normalized spacial score (nSPS) is 24.9. The van der Waals surface area contributed by atoms with E-state index < -0.39 is 17.7 Å². The highest BCUT2D eigenvalue weighted by atomic mass is 32.1. The third kappa shape index (κ3) is 3.47. The molecule has 1 aliphatic heterocycles. The van der Waals surface area contributed by atoms with Crippen molar-refractivity contribution in [2.24, 2.45) is 11.8 Å². The van der Waals surface area contributed by atoms with Crippen molar-refractivity contribution in [3.05, 3.63) is 34.7 Å². The van der Waals surface area contributed by atoms with Crippen LogP contribution in [-0.2, 0) is 11.0 Å². The van der Waals surface area contributed by atoms with Crippen molar-refractivity contribution in [2.75, 3.05) is 19.6 Å². The van der Waals surface area contributed by atoms with Crippen molar-refractivity contribution in [2.45, 2.75) is 31.4 Å². The summed E-state index contributed by atoms with van der Waals surface area (Å²) in [5.74, 6) is -0.206. The highest BCUT2D eigenvalue weighted by molar-refractivity contribution is 7.17. The molecule has 0 bridgehead atoms. The third-order valence-corrected chi connectivity index (χ3v) is 6.66. The largest absolute Gasteiger partial charge is 0.481 e. The number of aliphatic carboxylic acids is 1. The Morgan fingerprint density at radius 2 is 2.00 bits per heavy atom. The summed E-state index contributed by atoms with van der Waals surface area (Å²) in [6.07, 6.45) is -1.58. The van der Waals surface area contributed by atoms with Gasteiger partial charge in [-0.05, 0) is 72.7 Å². The van der Waals surface area contributed by atoms with Gasteiger partial charge in [-0.15, -0.1) is 11.3 Å². The van der Waals surface area contributed by atoms with Gasteiger partial charge >= 0.3 is 12.1 Å². The molecule has 2 atom stereocenters. The van der Waals surface area contributed by atoms with Gasteiger partial charge in [-0.2, -0.15) is 13.2 Å². The number of carboxylic acids is 1. The van der Waals surface area contributed by atoms with Gasteiger partial charge in [-0.1, -0.05) is 6.07 Å². The maximum atomic E-state index is 12.9. The Morgan fingerprint density at radius 3 is 2.62 bits per heavy atom. The first kappa shape index (κ1) is 17.8. The van der Waals surface area contributed by atoms with Crippen LogP contribution < -0.4 is 0 Å². The molecule has 1 saturated heterocycles. The highest BCUT2D eigenvalue weighted by Gasteiger charge is 2.44. The molecule has 1 saturated carbocycles. The van der Waals surface area contributed by atoms with E-state index in [0.717, 1.165) is 49.8 Å². The summed E-state index contributed by atoms with van der Waals surface area (Å²) in [6.45, 7) is 2.69. The number of alkyl halides is 3. The van der Waals surface area contributed by atoms with Crippen LogP contribution in [0.2, 0.25) is 0 Å². The molecule has 0 spiro atoms. The summed E-state index contributed by atoms with van der Waals surface area (Å²) in [7, 11) is 0. The van der Waals surface area contributed by atoms with Crippen LogP contribution in [0, 0.1) is 11.8 Å². The van der Waals surface area contributed by atoms with Gasteiger partial charge < -0.3 is 10.0 Å². The van der Waals surface area contributed by atoms with E-state index in [0.29, 0.717) is 10.6 Å². The second-order valence-corrected chi connectivity index (χ2v) is 8.33. The first-order chi connectivity index (χ1) is 12.3. The number of likely N-dealkylation sites (tertiary alicyclic amines) is 1. The predicted octanol–water partition coefficient (Wildman–Crippen LogP) is 4.82. The van der Waals surface area contributed by atoms with Crippen LogP contribution in [0.3, 0.4) is 0 Å². The van der Waals surface area contributed by atoms with Crippen LogP contribution in [0.4, 0.5) is 13.2 Å². The van der Waals surface area contributed by atoms with Gasteiger partial charge in [0.2, 0.25) is 0 Å². The number of benzene rings is 1. The molecule has 1 unspecified atom stereocenters. The van der Waals surface area contributed by atoms with Crippen molar-refractivity contribution in [3.8, 4) is 0 Å². The lowest BCUT2D eigenvalue weighted by atomic mass is 9.89. The standard InChI is InChI=1S/C19H20F3NO2S/c20-19(21,22)13-1-2-14-16(10-26-17(14)8-13)11-3-5-23(6-4-11)9-12-7-15(12)18(24)25/h1-2,8,10-12,15H,3-7,9H2,(H,24,25)/t12?,15-/m1/s1. The number of thiophene rings is 1. The summed E-state index contributed by atoms with van der Waals surface area (Å²) >= 11 is 1.38. The molecule has 0 radical (unpaired) electrons. The van der Waals surface area contributed by atoms with Crippen molar-refractivity contribution in [3.63, 3.8) is 0 Å². The SMILES string of the molecule is O=C(O)[C@@H]1CC1CN1CCC(c2csc3cc(C(F)(F)F)ccc23)CC1. The van der Waals surface area contributed by atoms with E-state index in [-0.39, 0.29) is 11.8 Å². The Balaban J connectivity index is 1.41. The Hall–Kier alpha value is -1.60. The minimum absolute atomic E-state index is 0.170. The van der Waals surface area contributed by atoms with Gasteiger partial charge in [0.05, 0.1) is 11.5 Å². The first-order valence-corrected chi connectivity index (χ1v) is 9.74. The number of carboxylic acid groups (broad SMARTS) is 1. The van der Waals surface area contributed by atoms with Gasteiger partial charge in [0.1, 0.15) is 0 Å². The molecule has 4 rings (SSSR count). The molecule has 26 heavy (non-hydrogen) atoms. The maximum absolute atomic E-state index is 12.9. The Labute approximate surface area is 153 Å². The van der Waals surface area contributed by atoms with Gasteiger partial charge in [0, 0.05) is 11.2 Å².